The maximum atomic E-state index is 5.39. The summed E-state index contributed by atoms with van der Waals surface area (Å²) in [6.45, 7) is 0. The molecule has 4 rings (SSSR count). The Morgan fingerprint density at radius 2 is 1.91 bits per heavy atom. The molecule has 4 aromatic rings. The van der Waals surface area contributed by atoms with Gasteiger partial charge >= 0.3 is 0 Å². The topological polar surface area (TPSA) is 65.2 Å². The molecule has 22 heavy (non-hydrogen) atoms. The van der Waals surface area contributed by atoms with E-state index in [0.29, 0.717) is 5.82 Å². The minimum atomic E-state index is 0.658. The molecular weight excluding hydrogens is 298 g/mol. The molecule has 3 heterocycles. The third kappa shape index (κ3) is 2.03. The minimum Gasteiger partial charge on any atom is -0.496 e. The second-order valence-electron chi connectivity index (χ2n) is 4.54. The maximum Gasteiger partial charge on any atom is 0.235 e. The molecule has 0 bridgehead atoms. The van der Waals surface area contributed by atoms with Crippen molar-refractivity contribution in [3.8, 4) is 27.8 Å². The molecule has 1 aromatic carbocycles. The average molecular weight is 309 g/mol. The van der Waals surface area contributed by atoms with Crippen LogP contribution >= 0.6 is 11.3 Å². The molecule has 0 atom stereocenters. The Morgan fingerprint density at radius 1 is 1.05 bits per heavy atom. The van der Waals surface area contributed by atoms with Gasteiger partial charge in [-0.1, -0.05) is 29.5 Å². The molecule has 0 spiro atoms. The quantitative estimate of drug-likeness (QED) is 0.582. The first kappa shape index (κ1) is 12.9. The number of hydrogen-bond donors (Lipinski definition) is 0. The fourth-order valence-corrected chi connectivity index (χ4v) is 3.02. The Balaban J connectivity index is 1.88. The van der Waals surface area contributed by atoms with Crippen molar-refractivity contribution in [2.24, 2.45) is 0 Å². The highest BCUT2D eigenvalue weighted by Crippen LogP contribution is 2.31. The normalized spacial score (nSPS) is 11.0. The molecule has 0 aliphatic carbocycles. The van der Waals surface area contributed by atoms with Crippen LogP contribution in [0.2, 0.25) is 0 Å². The van der Waals surface area contributed by atoms with E-state index in [1.165, 1.54) is 11.3 Å². The lowest BCUT2D eigenvalue weighted by Crippen LogP contribution is -1.94. The van der Waals surface area contributed by atoms with Gasteiger partial charge in [0, 0.05) is 6.20 Å². The van der Waals surface area contributed by atoms with Gasteiger partial charge < -0.3 is 4.74 Å². The summed E-state index contributed by atoms with van der Waals surface area (Å²) in [6, 6.07) is 13.4. The molecule has 0 amide bonds. The Bertz CT molecular complexity index is 931. The number of fused-ring (bicyclic) bond motifs is 1. The van der Waals surface area contributed by atoms with Crippen molar-refractivity contribution in [1.29, 1.82) is 0 Å². The molecule has 0 saturated carbocycles. The van der Waals surface area contributed by atoms with Crippen molar-refractivity contribution in [2.75, 3.05) is 7.11 Å². The smallest absolute Gasteiger partial charge is 0.235 e. The largest absolute Gasteiger partial charge is 0.496 e. The SMILES string of the molecule is COc1ccccc1-c1nnc2sc(-c3ccccn3)nn12. The van der Waals surface area contributed by atoms with E-state index in [1.807, 2.05) is 42.5 Å². The van der Waals surface area contributed by atoms with Crippen molar-refractivity contribution >= 4 is 16.3 Å². The van der Waals surface area contributed by atoms with Gasteiger partial charge in [-0.3, -0.25) is 4.98 Å². The standard InChI is InChI=1S/C15H11N5OS/c1-21-12-8-3-2-6-10(12)13-17-18-15-20(13)19-14(22-15)11-7-4-5-9-16-11/h2-9H,1H3. The van der Waals surface area contributed by atoms with E-state index < -0.39 is 0 Å². The summed E-state index contributed by atoms with van der Waals surface area (Å²) in [4.78, 5) is 5.05. The fraction of sp³-hybridized carbons (Fsp3) is 0.0667. The van der Waals surface area contributed by atoms with Crippen LogP contribution < -0.4 is 4.74 Å². The van der Waals surface area contributed by atoms with E-state index >= 15 is 0 Å². The number of nitrogens with zero attached hydrogens (tertiary/aromatic N) is 5. The lowest BCUT2D eigenvalue weighted by Gasteiger charge is -2.04. The van der Waals surface area contributed by atoms with E-state index in [2.05, 4.69) is 20.3 Å². The lowest BCUT2D eigenvalue weighted by atomic mass is 10.2. The zero-order valence-electron chi connectivity index (χ0n) is 11.7. The van der Waals surface area contributed by atoms with Crippen LogP contribution in [0.5, 0.6) is 5.75 Å². The van der Waals surface area contributed by atoms with Gasteiger partial charge in [0.2, 0.25) is 4.96 Å². The van der Waals surface area contributed by atoms with Crippen LogP contribution in [0.1, 0.15) is 0 Å². The number of aromatic nitrogens is 5. The molecule has 0 saturated heterocycles. The molecule has 0 aliphatic heterocycles. The number of benzene rings is 1. The molecule has 0 radical (unpaired) electrons. The number of pyridine rings is 1. The van der Waals surface area contributed by atoms with Crippen molar-refractivity contribution in [2.45, 2.75) is 0 Å². The lowest BCUT2D eigenvalue weighted by molar-refractivity contribution is 0.416. The van der Waals surface area contributed by atoms with E-state index in [4.69, 9.17) is 4.74 Å². The van der Waals surface area contributed by atoms with Gasteiger partial charge in [-0.25, -0.2) is 0 Å². The van der Waals surface area contributed by atoms with Crippen LogP contribution in [-0.2, 0) is 0 Å². The van der Waals surface area contributed by atoms with Crippen molar-refractivity contribution in [3.63, 3.8) is 0 Å². The molecule has 0 unspecified atom stereocenters. The van der Waals surface area contributed by atoms with Gasteiger partial charge in [-0.05, 0) is 24.3 Å². The first-order chi connectivity index (χ1) is 10.9. The van der Waals surface area contributed by atoms with Crippen LogP contribution in [0.3, 0.4) is 0 Å². The zero-order valence-corrected chi connectivity index (χ0v) is 12.5. The Hall–Kier alpha value is -2.80. The van der Waals surface area contributed by atoms with E-state index in [-0.39, 0.29) is 0 Å². The van der Waals surface area contributed by atoms with Crippen molar-refractivity contribution in [1.82, 2.24) is 24.8 Å². The molecular formula is C15H11N5OS. The Labute approximate surface area is 130 Å². The minimum absolute atomic E-state index is 0.658. The first-order valence-corrected chi connectivity index (χ1v) is 7.45. The Kier molecular flexibility index (Phi) is 3.05. The van der Waals surface area contributed by atoms with Gasteiger partial charge in [0.1, 0.15) is 11.4 Å². The third-order valence-electron chi connectivity index (χ3n) is 3.22. The fourth-order valence-electron chi connectivity index (χ4n) is 2.21. The molecule has 108 valence electrons. The maximum absolute atomic E-state index is 5.39. The number of hydrogen-bond acceptors (Lipinski definition) is 6. The first-order valence-electron chi connectivity index (χ1n) is 6.64. The summed E-state index contributed by atoms with van der Waals surface area (Å²) in [5.74, 6) is 1.40. The third-order valence-corrected chi connectivity index (χ3v) is 4.14. The summed E-state index contributed by atoms with van der Waals surface area (Å²) in [5, 5.41) is 13.8. The van der Waals surface area contributed by atoms with Crippen LogP contribution in [-0.4, -0.2) is 31.9 Å². The summed E-state index contributed by atoms with van der Waals surface area (Å²) in [7, 11) is 1.64. The molecule has 0 N–H and O–H groups in total. The second-order valence-corrected chi connectivity index (χ2v) is 5.50. The summed E-state index contributed by atoms with van der Waals surface area (Å²) in [5.41, 5.74) is 1.68. The van der Waals surface area contributed by atoms with E-state index in [1.54, 1.807) is 17.8 Å². The highest BCUT2D eigenvalue weighted by atomic mass is 32.1. The van der Waals surface area contributed by atoms with Gasteiger partial charge in [0.05, 0.1) is 12.7 Å². The highest BCUT2D eigenvalue weighted by Gasteiger charge is 2.17. The van der Waals surface area contributed by atoms with Crippen LogP contribution in [0.15, 0.2) is 48.7 Å². The molecule has 6 nitrogen and oxygen atoms in total. The van der Waals surface area contributed by atoms with Gasteiger partial charge in [-0.2, -0.15) is 9.61 Å². The molecule has 7 heteroatoms. The van der Waals surface area contributed by atoms with E-state index in [9.17, 15) is 0 Å². The molecule has 3 aromatic heterocycles. The van der Waals surface area contributed by atoms with Crippen LogP contribution in [0, 0.1) is 0 Å². The second kappa shape index (κ2) is 5.19. The summed E-state index contributed by atoms with van der Waals surface area (Å²) < 4.78 is 7.12. The average Bonchev–Trinajstić information content (AvgIpc) is 3.16. The number of ether oxygens (including phenoxy) is 1. The van der Waals surface area contributed by atoms with Gasteiger partial charge in [0.25, 0.3) is 0 Å². The van der Waals surface area contributed by atoms with Gasteiger partial charge in [-0.15, -0.1) is 10.2 Å². The Morgan fingerprint density at radius 3 is 2.73 bits per heavy atom. The van der Waals surface area contributed by atoms with Crippen LogP contribution in [0.25, 0.3) is 27.1 Å². The van der Waals surface area contributed by atoms with Crippen LogP contribution in [0.4, 0.5) is 0 Å². The molecule has 0 aliphatic rings. The predicted molar refractivity (Wildman–Crippen MR) is 83.9 cm³/mol. The monoisotopic (exact) mass is 309 g/mol. The van der Waals surface area contributed by atoms with E-state index in [0.717, 1.165) is 27.0 Å². The summed E-state index contributed by atoms with van der Waals surface area (Å²) >= 11 is 1.45. The number of para-hydroxylation sites is 1. The van der Waals surface area contributed by atoms with Gasteiger partial charge in [0.15, 0.2) is 10.8 Å². The van der Waals surface area contributed by atoms with Crippen molar-refractivity contribution < 1.29 is 4.74 Å². The molecule has 0 fully saturated rings. The number of rotatable bonds is 3. The van der Waals surface area contributed by atoms with Crippen molar-refractivity contribution in [3.05, 3.63) is 48.7 Å². The summed E-state index contributed by atoms with van der Waals surface area (Å²) in [6.07, 6.45) is 1.75. The highest BCUT2D eigenvalue weighted by molar-refractivity contribution is 7.19. The zero-order chi connectivity index (χ0) is 14.9. The predicted octanol–water partition coefficient (Wildman–Crippen LogP) is 2.92. The number of methoxy groups -OCH3 is 1.